The summed E-state index contributed by atoms with van der Waals surface area (Å²) in [6, 6.07) is 4.56. The van der Waals surface area contributed by atoms with Crippen molar-refractivity contribution >= 4 is 33.3 Å². The number of ether oxygens (including phenoxy) is 1. The Morgan fingerprint density at radius 2 is 2.11 bits per heavy atom. The number of halogens is 1. The highest BCUT2D eigenvalue weighted by Gasteiger charge is 2.18. The summed E-state index contributed by atoms with van der Waals surface area (Å²) in [5, 5.41) is 13.6. The minimum atomic E-state index is -0.579. The first-order valence-electron chi connectivity index (χ1n) is 5.59. The van der Waals surface area contributed by atoms with Crippen molar-refractivity contribution in [2.45, 2.75) is 26.4 Å². The highest BCUT2D eigenvalue weighted by Crippen LogP contribution is 2.27. The Kier molecular flexibility index (Phi) is 4.88. The van der Waals surface area contributed by atoms with E-state index >= 15 is 0 Å². The molecule has 0 radical (unpaired) electrons. The van der Waals surface area contributed by atoms with Gasteiger partial charge in [-0.3, -0.25) is 14.9 Å². The maximum atomic E-state index is 11.5. The summed E-state index contributed by atoms with van der Waals surface area (Å²) < 4.78 is 5.70. The molecule has 0 spiro atoms. The lowest BCUT2D eigenvalue weighted by Gasteiger charge is -2.19. The van der Waals surface area contributed by atoms with Gasteiger partial charge in [0.25, 0.3) is 5.69 Å². The second-order valence-corrected chi connectivity index (χ2v) is 5.77. The van der Waals surface area contributed by atoms with Crippen molar-refractivity contribution in [3.8, 4) is 0 Å². The van der Waals surface area contributed by atoms with Gasteiger partial charge in [0, 0.05) is 10.5 Å². The fourth-order valence-corrected chi connectivity index (χ4v) is 1.70. The number of nitro groups is 1. The lowest BCUT2D eigenvalue weighted by molar-refractivity contribution is -0.384. The number of nitrogens with zero attached hydrogens (tertiary/aromatic N) is 1. The number of nitrogens with one attached hydrogen (secondary N) is 1. The third-order valence-electron chi connectivity index (χ3n) is 2.00. The van der Waals surface area contributed by atoms with Gasteiger partial charge in [-0.2, -0.15) is 0 Å². The normalized spacial score (nSPS) is 10.9. The molecule has 1 rings (SSSR count). The van der Waals surface area contributed by atoms with Gasteiger partial charge in [0.1, 0.15) is 17.8 Å². The van der Waals surface area contributed by atoms with Crippen LogP contribution in [0, 0.1) is 10.1 Å². The van der Waals surface area contributed by atoms with Gasteiger partial charge in [-0.1, -0.05) is 15.9 Å². The van der Waals surface area contributed by atoms with Crippen LogP contribution in [0.3, 0.4) is 0 Å². The number of esters is 1. The van der Waals surface area contributed by atoms with Crippen LogP contribution in [0.2, 0.25) is 0 Å². The van der Waals surface area contributed by atoms with Gasteiger partial charge in [0.2, 0.25) is 0 Å². The van der Waals surface area contributed by atoms with Crippen molar-refractivity contribution in [2.24, 2.45) is 0 Å². The maximum absolute atomic E-state index is 11.5. The largest absolute Gasteiger partial charge is 0.459 e. The highest BCUT2D eigenvalue weighted by atomic mass is 79.9. The molecule has 0 saturated heterocycles. The Hall–Kier alpha value is -1.63. The summed E-state index contributed by atoms with van der Waals surface area (Å²) in [6.45, 7) is 5.15. The molecule has 0 heterocycles. The van der Waals surface area contributed by atoms with Gasteiger partial charge in [-0.15, -0.1) is 0 Å². The molecule has 0 atom stereocenters. The van der Waals surface area contributed by atoms with E-state index in [1.165, 1.54) is 12.1 Å². The molecule has 1 N–H and O–H groups in total. The van der Waals surface area contributed by atoms with Crippen LogP contribution in [0.1, 0.15) is 20.8 Å². The van der Waals surface area contributed by atoms with Gasteiger partial charge in [0.15, 0.2) is 0 Å². The molecule has 0 aliphatic carbocycles. The smallest absolute Gasteiger partial charge is 0.325 e. The molecule has 7 heteroatoms. The van der Waals surface area contributed by atoms with Crippen molar-refractivity contribution in [3.63, 3.8) is 0 Å². The summed E-state index contributed by atoms with van der Waals surface area (Å²) in [5.41, 5.74) is -0.401. The molecule has 0 saturated carbocycles. The Balaban J connectivity index is 2.73. The molecule has 0 aromatic heterocycles. The Labute approximate surface area is 119 Å². The van der Waals surface area contributed by atoms with Crippen LogP contribution in [0.5, 0.6) is 0 Å². The Morgan fingerprint density at radius 3 is 2.63 bits per heavy atom. The van der Waals surface area contributed by atoms with Crippen molar-refractivity contribution in [2.75, 3.05) is 11.9 Å². The van der Waals surface area contributed by atoms with Crippen LogP contribution in [-0.4, -0.2) is 23.0 Å². The summed E-state index contributed by atoms with van der Waals surface area (Å²) in [5.74, 6) is -0.468. The molecular formula is C12H15BrN2O4. The van der Waals surface area contributed by atoms with E-state index in [-0.39, 0.29) is 17.9 Å². The third-order valence-corrected chi connectivity index (χ3v) is 2.49. The predicted octanol–water partition coefficient (Wildman–Crippen LogP) is 3.11. The fourth-order valence-electron chi connectivity index (χ4n) is 1.35. The van der Waals surface area contributed by atoms with Gasteiger partial charge in [-0.05, 0) is 32.9 Å². The predicted molar refractivity (Wildman–Crippen MR) is 75.1 cm³/mol. The molecule has 0 unspecified atom stereocenters. The van der Waals surface area contributed by atoms with E-state index < -0.39 is 16.5 Å². The molecule has 0 fully saturated rings. The van der Waals surface area contributed by atoms with Crippen molar-refractivity contribution < 1.29 is 14.5 Å². The SMILES string of the molecule is CC(C)(C)OC(=O)CNc1ccc(Br)cc1[N+](=O)[O-]. The van der Waals surface area contributed by atoms with E-state index in [0.29, 0.717) is 4.47 Å². The lowest BCUT2D eigenvalue weighted by Crippen LogP contribution is -2.28. The number of carbonyl (C=O) groups is 1. The van der Waals surface area contributed by atoms with E-state index in [2.05, 4.69) is 21.2 Å². The number of rotatable bonds is 4. The highest BCUT2D eigenvalue weighted by molar-refractivity contribution is 9.10. The number of carbonyl (C=O) groups excluding carboxylic acids is 1. The summed E-state index contributed by atoms with van der Waals surface area (Å²) >= 11 is 3.16. The van der Waals surface area contributed by atoms with Crippen LogP contribution >= 0.6 is 15.9 Å². The Bertz CT molecular complexity index is 497. The minimum Gasteiger partial charge on any atom is -0.459 e. The second kappa shape index (κ2) is 6.01. The van der Waals surface area contributed by atoms with Gasteiger partial charge < -0.3 is 10.1 Å². The monoisotopic (exact) mass is 330 g/mol. The molecule has 0 amide bonds. The molecule has 0 aliphatic heterocycles. The quantitative estimate of drug-likeness (QED) is 0.521. The minimum absolute atomic E-state index is 0.0991. The lowest BCUT2D eigenvalue weighted by atomic mass is 10.2. The van der Waals surface area contributed by atoms with Gasteiger partial charge in [0.05, 0.1) is 4.92 Å². The molecule has 0 aliphatic rings. The average molecular weight is 331 g/mol. The zero-order valence-corrected chi connectivity index (χ0v) is 12.5. The number of nitro benzene ring substituents is 1. The molecule has 19 heavy (non-hydrogen) atoms. The molecule has 1 aromatic rings. The number of hydrogen-bond donors (Lipinski definition) is 1. The molecular weight excluding hydrogens is 316 g/mol. The molecule has 104 valence electrons. The van der Waals surface area contributed by atoms with Crippen LogP contribution in [0.4, 0.5) is 11.4 Å². The first kappa shape index (κ1) is 15.4. The van der Waals surface area contributed by atoms with E-state index in [1.54, 1.807) is 26.8 Å². The molecule has 0 bridgehead atoms. The number of hydrogen-bond acceptors (Lipinski definition) is 5. The van der Waals surface area contributed by atoms with E-state index in [4.69, 9.17) is 4.74 Å². The summed E-state index contributed by atoms with van der Waals surface area (Å²) in [7, 11) is 0. The maximum Gasteiger partial charge on any atom is 0.325 e. The number of anilines is 1. The Morgan fingerprint density at radius 1 is 1.47 bits per heavy atom. The van der Waals surface area contributed by atoms with Gasteiger partial charge >= 0.3 is 5.97 Å². The first-order valence-corrected chi connectivity index (χ1v) is 6.38. The summed E-state index contributed by atoms with van der Waals surface area (Å²) in [4.78, 5) is 21.9. The van der Waals surface area contributed by atoms with Crippen LogP contribution < -0.4 is 5.32 Å². The van der Waals surface area contributed by atoms with Crippen molar-refractivity contribution in [1.29, 1.82) is 0 Å². The first-order chi connectivity index (χ1) is 8.69. The average Bonchev–Trinajstić information content (AvgIpc) is 2.24. The van der Waals surface area contributed by atoms with Crippen LogP contribution in [0.15, 0.2) is 22.7 Å². The van der Waals surface area contributed by atoms with Crippen LogP contribution in [0.25, 0.3) is 0 Å². The van der Waals surface area contributed by atoms with Crippen LogP contribution in [-0.2, 0) is 9.53 Å². The third kappa shape index (κ3) is 5.25. The van der Waals surface area contributed by atoms with Crippen molar-refractivity contribution in [1.82, 2.24) is 0 Å². The van der Waals surface area contributed by atoms with E-state index in [0.717, 1.165) is 0 Å². The zero-order valence-electron chi connectivity index (χ0n) is 10.9. The molecule has 1 aromatic carbocycles. The zero-order chi connectivity index (χ0) is 14.6. The van der Waals surface area contributed by atoms with E-state index in [9.17, 15) is 14.9 Å². The summed E-state index contributed by atoms with van der Waals surface area (Å²) in [6.07, 6.45) is 0. The second-order valence-electron chi connectivity index (χ2n) is 4.86. The standard InChI is InChI=1S/C12H15BrN2O4/c1-12(2,3)19-11(16)7-14-9-5-4-8(13)6-10(9)15(17)18/h4-6,14H,7H2,1-3H3. The van der Waals surface area contributed by atoms with Gasteiger partial charge in [-0.25, -0.2) is 0 Å². The van der Waals surface area contributed by atoms with Crippen molar-refractivity contribution in [3.05, 3.63) is 32.8 Å². The number of benzene rings is 1. The molecule has 6 nitrogen and oxygen atoms in total. The fraction of sp³-hybridized carbons (Fsp3) is 0.417. The van der Waals surface area contributed by atoms with E-state index in [1.807, 2.05) is 0 Å². The topological polar surface area (TPSA) is 81.5 Å².